The number of halogens is 1. The standard InChI is InChI=1S/C15H29N3O.HI/c1-3-19-10-9-17-15(16-2)18-14-11-13(14)12-7-5-4-6-8-12;/h12-14H,3-11H2,1-2H3,(H2,16,17,18);1H. The van der Waals surface area contributed by atoms with Gasteiger partial charge in [0.1, 0.15) is 0 Å². The molecule has 5 heteroatoms. The van der Waals surface area contributed by atoms with E-state index < -0.39 is 0 Å². The highest BCUT2D eigenvalue weighted by atomic mass is 127. The molecular formula is C15H30IN3O. The summed E-state index contributed by atoms with van der Waals surface area (Å²) >= 11 is 0. The fourth-order valence-electron chi connectivity index (χ4n) is 3.22. The maximum Gasteiger partial charge on any atom is 0.191 e. The molecule has 2 unspecified atom stereocenters. The Balaban J connectivity index is 0.00000200. The van der Waals surface area contributed by atoms with E-state index in [1.807, 2.05) is 14.0 Å². The van der Waals surface area contributed by atoms with E-state index in [2.05, 4.69) is 15.6 Å². The summed E-state index contributed by atoms with van der Waals surface area (Å²) < 4.78 is 5.32. The smallest absolute Gasteiger partial charge is 0.191 e. The summed E-state index contributed by atoms with van der Waals surface area (Å²) in [4.78, 5) is 4.28. The minimum atomic E-state index is 0. The van der Waals surface area contributed by atoms with Crippen LogP contribution in [0.15, 0.2) is 4.99 Å². The van der Waals surface area contributed by atoms with Gasteiger partial charge in [-0.05, 0) is 25.2 Å². The molecule has 0 bridgehead atoms. The third-order valence-electron chi connectivity index (χ3n) is 4.38. The van der Waals surface area contributed by atoms with Crippen LogP contribution in [0.4, 0.5) is 0 Å². The zero-order chi connectivity index (χ0) is 13.5. The zero-order valence-electron chi connectivity index (χ0n) is 12.9. The highest BCUT2D eigenvalue weighted by molar-refractivity contribution is 14.0. The molecule has 0 radical (unpaired) electrons. The maximum absolute atomic E-state index is 5.32. The van der Waals surface area contributed by atoms with E-state index in [4.69, 9.17) is 4.74 Å². The second kappa shape index (κ2) is 9.82. The van der Waals surface area contributed by atoms with Crippen LogP contribution in [-0.2, 0) is 4.74 Å². The molecule has 2 saturated carbocycles. The normalized spacial score (nSPS) is 26.8. The second-order valence-electron chi connectivity index (χ2n) is 5.74. The van der Waals surface area contributed by atoms with Crippen molar-refractivity contribution in [3.8, 4) is 0 Å². The molecule has 0 aromatic heterocycles. The number of ether oxygens (including phenoxy) is 1. The number of nitrogens with zero attached hydrogens (tertiary/aromatic N) is 1. The average molecular weight is 395 g/mol. The van der Waals surface area contributed by atoms with Crippen molar-refractivity contribution in [1.29, 1.82) is 0 Å². The van der Waals surface area contributed by atoms with Gasteiger partial charge in [0.05, 0.1) is 6.61 Å². The van der Waals surface area contributed by atoms with Crippen molar-refractivity contribution in [1.82, 2.24) is 10.6 Å². The SMILES string of the molecule is CCOCCNC(=NC)NC1CC1C1CCCCC1.I. The minimum Gasteiger partial charge on any atom is -0.380 e. The Bertz CT molecular complexity index is 293. The van der Waals surface area contributed by atoms with E-state index in [-0.39, 0.29) is 24.0 Å². The molecule has 0 heterocycles. The highest BCUT2D eigenvalue weighted by Crippen LogP contribution is 2.44. The Morgan fingerprint density at radius 3 is 2.65 bits per heavy atom. The third kappa shape index (κ3) is 5.76. The predicted molar refractivity (Wildman–Crippen MR) is 94.9 cm³/mol. The van der Waals surface area contributed by atoms with Crippen LogP contribution in [0.1, 0.15) is 45.4 Å². The quantitative estimate of drug-likeness (QED) is 0.315. The van der Waals surface area contributed by atoms with E-state index in [0.29, 0.717) is 6.04 Å². The van der Waals surface area contributed by atoms with Crippen molar-refractivity contribution in [2.45, 2.75) is 51.5 Å². The molecule has 2 atom stereocenters. The molecular weight excluding hydrogens is 365 g/mol. The molecule has 2 N–H and O–H groups in total. The Hall–Kier alpha value is -0.0400. The van der Waals surface area contributed by atoms with Gasteiger partial charge in [-0.15, -0.1) is 24.0 Å². The molecule has 118 valence electrons. The van der Waals surface area contributed by atoms with Crippen LogP contribution in [0.2, 0.25) is 0 Å². The summed E-state index contributed by atoms with van der Waals surface area (Å²) in [6.07, 6.45) is 8.54. The number of hydrogen-bond donors (Lipinski definition) is 2. The number of hydrogen-bond acceptors (Lipinski definition) is 2. The van der Waals surface area contributed by atoms with Crippen LogP contribution in [0, 0.1) is 11.8 Å². The average Bonchev–Trinajstić information content (AvgIpc) is 3.22. The van der Waals surface area contributed by atoms with Crippen molar-refractivity contribution >= 4 is 29.9 Å². The van der Waals surface area contributed by atoms with Gasteiger partial charge in [-0.1, -0.05) is 32.1 Å². The first kappa shape index (κ1) is 18.0. The van der Waals surface area contributed by atoms with Crippen LogP contribution < -0.4 is 10.6 Å². The largest absolute Gasteiger partial charge is 0.380 e. The molecule has 0 spiro atoms. The molecule has 2 rings (SSSR count). The lowest BCUT2D eigenvalue weighted by Gasteiger charge is -2.22. The van der Waals surface area contributed by atoms with E-state index in [9.17, 15) is 0 Å². The molecule has 0 aromatic carbocycles. The summed E-state index contributed by atoms with van der Waals surface area (Å²) in [6.45, 7) is 4.37. The number of guanidine groups is 1. The van der Waals surface area contributed by atoms with Crippen LogP contribution in [0.5, 0.6) is 0 Å². The molecule has 2 aliphatic rings. The van der Waals surface area contributed by atoms with Crippen molar-refractivity contribution in [2.75, 3.05) is 26.8 Å². The van der Waals surface area contributed by atoms with Gasteiger partial charge in [0, 0.05) is 26.2 Å². The van der Waals surface area contributed by atoms with Crippen LogP contribution in [0.25, 0.3) is 0 Å². The molecule has 2 aliphatic carbocycles. The van der Waals surface area contributed by atoms with Crippen molar-refractivity contribution in [3.05, 3.63) is 0 Å². The molecule has 4 nitrogen and oxygen atoms in total. The first-order chi connectivity index (χ1) is 9.35. The summed E-state index contributed by atoms with van der Waals surface area (Å²) in [6, 6.07) is 0.654. The van der Waals surface area contributed by atoms with Gasteiger partial charge < -0.3 is 15.4 Å². The fraction of sp³-hybridized carbons (Fsp3) is 0.933. The van der Waals surface area contributed by atoms with E-state index in [0.717, 1.165) is 37.6 Å². The third-order valence-corrected chi connectivity index (χ3v) is 4.38. The van der Waals surface area contributed by atoms with Gasteiger partial charge in [0.2, 0.25) is 0 Å². The van der Waals surface area contributed by atoms with Gasteiger partial charge in [0.25, 0.3) is 0 Å². The van der Waals surface area contributed by atoms with E-state index >= 15 is 0 Å². The zero-order valence-corrected chi connectivity index (χ0v) is 15.2. The minimum absolute atomic E-state index is 0. The van der Waals surface area contributed by atoms with Crippen LogP contribution in [-0.4, -0.2) is 38.8 Å². The first-order valence-electron chi connectivity index (χ1n) is 7.90. The highest BCUT2D eigenvalue weighted by Gasteiger charge is 2.43. The van der Waals surface area contributed by atoms with Crippen LogP contribution in [0.3, 0.4) is 0 Å². The summed E-state index contributed by atoms with van der Waals surface area (Å²) in [5, 5.41) is 6.86. The van der Waals surface area contributed by atoms with Gasteiger partial charge in [-0.3, -0.25) is 4.99 Å². The Morgan fingerprint density at radius 1 is 1.25 bits per heavy atom. The summed E-state index contributed by atoms with van der Waals surface area (Å²) in [5.74, 6) is 2.79. The number of aliphatic imine (C=N–C) groups is 1. The van der Waals surface area contributed by atoms with Gasteiger partial charge in [-0.2, -0.15) is 0 Å². The van der Waals surface area contributed by atoms with E-state index in [1.165, 1.54) is 38.5 Å². The first-order valence-corrected chi connectivity index (χ1v) is 7.90. The van der Waals surface area contributed by atoms with Gasteiger partial charge in [0.15, 0.2) is 5.96 Å². The lowest BCUT2D eigenvalue weighted by molar-refractivity contribution is 0.152. The molecule has 0 aliphatic heterocycles. The molecule has 0 amide bonds. The van der Waals surface area contributed by atoms with E-state index in [1.54, 1.807) is 0 Å². The summed E-state index contributed by atoms with van der Waals surface area (Å²) in [5.41, 5.74) is 0. The molecule has 0 saturated heterocycles. The number of nitrogens with one attached hydrogen (secondary N) is 2. The molecule has 20 heavy (non-hydrogen) atoms. The Morgan fingerprint density at radius 2 is 2.00 bits per heavy atom. The number of rotatable bonds is 6. The molecule has 2 fully saturated rings. The maximum atomic E-state index is 5.32. The second-order valence-corrected chi connectivity index (χ2v) is 5.74. The van der Waals surface area contributed by atoms with Crippen molar-refractivity contribution in [3.63, 3.8) is 0 Å². The lowest BCUT2D eigenvalue weighted by atomic mass is 9.85. The van der Waals surface area contributed by atoms with Gasteiger partial charge >= 0.3 is 0 Å². The van der Waals surface area contributed by atoms with Crippen LogP contribution >= 0.6 is 24.0 Å². The Kier molecular flexibility index (Phi) is 8.84. The van der Waals surface area contributed by atoms with Crippen molar-refractivity contribution < 1.29 is 4.74 Å². The lowest BCUT2D eigenvalue weighted by Crippen LogP contribution is -2.41. The van der Waals surface area contributed by atoms with Crippen molar-refractivity contribution in [2.24, 2.45) is 16.8 Å². The monoisotopic (exact) mass is 395 g/mol. The fourth-order valence-corrected chi connectivity index (χ4v) is 3.22. The Labute approximate surface area is 140 Å². The predicted octanol–water partition coefficient (Wildman–Crippen LogP) is 2.77. The van der Waals surface area contributed by atoms with Gasteiger partial charge in [-0.25, -0.2) is 0 Å². The summed E-state index contributed by atoms with van der Waals surface area (Å²) in [7, 11) is 1.84. The molecule has 0 aromatic rings. The topological polar surface area (TPSA) is 45.6 Å².